The molecule has 4 heteroatoms. The van der Waals surface area contributed by atoms with E-state index < -0.39 is 0 Å². The van der Waals surface area contributed by atoms with Gasteiger partial charge in [0, 0.05) is 23.7 Å². The highest BCUT2D eigenvalue weighted by Crippen LogP contribution is 2.18. The normalized spacial score (nSPS) is 12.8. The molecule has 0 aromatic heterocycles. The van der Waals surface area contributed by atoms with Crippen LogP contribution in [0.2, 0.25) is 5.02 Å². The third-order valence-corrected chi connectivity index (χ3v) is 2.83. The van der Waals surface area contributed by atoms with Crippen molar-refractivity contribution in [3.63, 3.8) is 0 Å². The largest absolute Gasteiger partial charge is 0.396 e. The average molecular weight is 246 g/mol. The summed E-state index contributed by atoms with van der Waals surface area (Å²) in [5.41, 5.74) is 0.500. The Labute approximate surface area is 100 Å². The van der Waals surface area contributed by atoms with Crippen molar-refractivity contribution in [1.82, 2.24) is 5.32 Å². The molecule has 0 saturated heterocycles. The van der Waals surface area contributed by atoms with E-state index in [0.717, 1.165) is 13.0 Å². The van der Waals surface area contributed by atoms with E-state index >= 15 is 0 Å². The third-order valence-electron chi connectivity index (χ3n) is 2.48. The first-order chi connectivity index (χ1) is 7.65. The molecule has 0 aliphatic carbocycles. The van der Waals surface area contributed by atoms with Crippen LogP contribution in [0.15, 0.2) is 18.2 Å². The van der Waals surface area contributed by atoms with Crippen LogP contribution in [-0.2, 0) is 6.54 Å². The summed E-state index contributed by atoms with van der Waals surface area (Å²) in [7, 11) is 0. The number of benzene rings is 1. The highest BCUT2D eigenvalue weighted by atomic mass is 35.5. The molecule has 2 N–H and O–H groups in total. The summed E-state index contributed by atoms with van der Waals surface area (Å²) in [5.74, 6) is 0.0883. The molecule has 0 heterocycles. The first-order valence-electron chi connectivity index (χ1n) is 5.39. The van der Waals surface area contributed by atoms with Gasteiger partial charge in [-0.1, -0.05) is 24.6 Å². The minimum Gasteiger partial charge on any atom is -0.396 e. The van der Waals surface area contributed by atoms with Gasteiger partial charge in [0.1, 0.15) is 5.82 Å². The maximum atomic E-state index is 13.4. The maximum absolute atomic E-state index is 13.4. The molecular formula is C12H17ClFNO. The molecule has 0 fully saturated rings. The molecule has 0 saturated carbocycles. The number of aliphatic hydroxyl groups is 1. The van der Waals surface area contributed by atoms with E-state index in [1.807, 2.05) is 6.92 Å². The molecule has 0 radical (unpaired) electrons. The van der Waals surface area contributed by atoms with E-state index in [0.29, 0.717) is 23.0 Å². The molecule has 0 aliphatic heterocycles. The smallest absolute Gasteiger partial charge is 0.129 e. The lowest BCUT2D eigenvalue weighted by Crippen LogP contribution is -2.22. The zero-order valence-electron chi connectivity index (χ0n) is 9.34. The molecule has 0 aliphatic rings. The van der Waals surface area contributed by atoms with Gasteiger partial charge in [0.05, 0.1) is 0 Å². The van der Waals surface area contributed by atoms with Crippen molar-refractivity contribution in [3.8, 4) is 0 Å². The Morgan fingerprint density at radius 3 is 2.88 bits per heavy atom. The lowest BCUT2D eigenvalue weighted by Gasteiger charge is -2.12. The Balaban J connectivity index is 2.43. The molecule has 16 heavy (non-hydrogen) atoms. The number of aliphatic hydroxyl groups excluding tert-OH is 1. The van der Waals surface area contributed by atoms with Crippen LogP contribution >= 0.6 is 11.6 Å². The van der Waals surface area contributed by atoms with E-state index in [-0.39, 0.29) is 12.4 Å². The van der Waals surface area contributed by atoms with Gasteiger partial charge in [0.15, 0.2) is 0 Å². The SMILES string of the molecule is CC(CCO)CNCc1c(F)cccc1Cl. The Morgan fingerprint density at radius 2 is 2.25 bits per heavy atom. The standard InChI is InChI=1S/C12H17ClFNO/c1-9(5-6-16)7-15-8-10-11(13)3-2-4-12(10)14/h2-4,9,15-16H,5-8H2,1H3. The van der Waals surface area contributed by atoms with Crippen molar-refractivity contribution in [2.24, 2.45) is 5.92 Å². The zero-order valence-corrected chi connectivity index (χ0v) is 10.1. The quantitative estimate of drug-likeness (QED) is 0.808. The second-order valence-corrected chi connectivity index (χ2v) is 4.36. The van der Waals surface area contributed by atoms with Gasteiger partial charge in [-0.2, -0.15) is 0 Å². The zero-order chi connectivity index (χ0) is 12.0. The predicted octanol–water partition coefficient (Wildman–Crippen LogP) is 2.59. The Morgan fingerprint density at radius 1 is 1.50 bits per heavy atom. The number of rotatable bonds is 6. The first-order valence-corrected chi connectivity index (χ1v) is 5.77. The van der Waals surface area contributed by atoms with Gasteiger partial charge in [-0.15, -0.1) is 0 Å². The van der Waals surface area contributed by atoms with E-state index in [2.05, 4.69) is 5.32 Å². The van der Waals surface area contributed by atoms with Crippen molar-refractivity contribution in [2.75, 3.05) is 13.2 Å². The van der Waals surface area contributed by atoms with Gasteiger partial charge in [0.2, 0.25) is 0 Å². The monoisotopic (exact) mass is 245 g/mol. The van der Waals surface area contributed by atoms with Gasteiger partial charge in [-0.05, 0) is 31.0 Å². The van der Waals surface area contributed by atoms with Gasteiger partial charge in [0.25, 0.3) is 0 Å². The fraction of sp³-hybridized carbons (Fsp3) is 0.500. The molecule has 1 aromatic carbocycles. The second kappa shape index (κ2) is 6.84. The van der Waals surface area contributed by atoms with Crippen molar-refractivity contribution in [2.45, 2.75) is 19.9 Å². The van der Waals surface area contributed by atoms with Crippen LogP contribution in [0.4, 0.5) is 4.39 Å². The van der Waals surface area contributed by atoms with Gasteiger partial charge < -0.3 is 10.4 Å². The lowest BCUT2D eigenvalue weighted by atomic mass is 10.1. The van der Waals surface area contributed by atoms with Crippen molar-refractivity contribution < 1.29 is 9.50 Å². The fourth-order valence-electron chi connectivity index (χ4n) is 1.47. The number of hydrogen-bond donors (Lipinski definition) is 2. The minimum atomic E-state index is -0.283. The first kappa shape index (κ1) is 13.4. The van der Waals surface area contributed by atoms with E-state index in [1.54, 1.807) is 12.1 Å². The molecule has 0 amide bonds. The summed E-state index contributed by atoms with van der Waals surface area (Å²) in [6.07, 6.45) is 0.748. The summed E-state index contributed by atoms with van der Waals surface area (Å²) in [6, 6.07) is 4.67. The Bertz CT molecular complexity index is 313. The fourth-order valence-corrected chi connectivity index (χ4v) is 1.70. The topological polar surface area (TPSA) is 32.3 Å². The van der Waals surface area contributed by atoms with E-state index in [4.69, 9.17) is 16.7 Å². The van der Waals surface area contributed by atoms with Crippen molar-refractivity contribution >= 4 is 11.6 Å². The Hall–Kier alpha value is -0.640. The van der Waals surface area contributed by atoms with Gasteiger partial charge in [-0.3, -0.25) is 0 Å². The van der Waals surface area contributed by atoms with Gasteiger partial charge in [-0.25, -0.2) is 4.39 Å². The molecule has 0 bridgehead atoms. The van der Waals surface area contributed by atoms with Crippen LogP contribution in [0.5, 0.6) is 0 Å². The Kier molecular flexibility index (Phi) is 5.74. The van der Waals surface area contributed by atoms with Crippen LogP contribution in [0.25, 0.3) is 0 Å². The summed E-state index contributed by atoms with van der Waals surface area (Å²) in [4.78, 5) is 0. The number of hydrogen-bond acceptors (Lipinski definition) is 2. The van der Waals surface area contributed by atoms with E-state index in [9.17, 15) is 4.39 Å². The molecule has 1 aromatic rings. The molecule has 1 unspecified atom stereocenters. The predicted molar refractivity (Wildman–Crippen MR) is 64.0 cm³/mol. The maximum Gasteiger partial charge on any atom is 0.129 e. The average Bonchev–Trinajstić information content (AvgIpc) is 2.23. The van der Waals surface area contributed by atoms with Crippen molar-refractivity contribution in [3.05, 3.63) is 34.6 Å². The van der Waals surface area contributed by atoms with Gasteiger partial charge >= 0.3 is 0 Å². The third kappa shape index (κ3) is 4.08. The van der Waals surface area contributed by atoms with Crippen LogP contribution in [0.3, 0.4) is 0 Å². The molecule has 90 valence electrons. The number of nitrogens with one attached hydrogen (secondary N) is 1. The summed E-state index contributed by atoms with van der Waals surface area (Å²) < 4.78 is 13.4. The highest BCUT2D eigenvalue weighted by molar-refractivity contribution is 6.31. The molecule has 1 rings (SSSR count). The highest BCUT2D eigenvalue weighted by Gasteiger charge is 2.07. The summed E-state index contributed by atoms with van der Waals surface area (Å²) >= 11 is 5.89. The molecule has 1 atom stereocenters. The summed E-state index contributed by atoms with van der Waals surface area (Å²) in [6.45, 7) is 3.38. The number of halogens is 2. The van der Waals surface area contributed by atoms with Crippen LogP contribution in [0.1, 0.15) is 18.9 Å². The van der Waals surface area contributed by atoms with Crippen molar-refractivity contribution in [1.29, 1.82) is 0 Å². The van der Waals surface area contributed by atoms with Crippen LogP contribution in [0, 0.1) is 11.7 Å². The second-order valence-electron chi connectivity index (χ2n) is 3.95. The minimum absolute atomic E-state index is 0.184. The molecule has 2 nitrogen and oxygen atoms in total. The van der Waals surface area contributed by atoms with E-state index in [1.165, 1.54) is 6.07 Å². The molecule has 0 spiro atoms. The lowest BCUT2D eigenvalue weighted by molar-refractivity contribution is 0.260. The molecular weight excluding hydrogens is 229 g/mol. The summed E-state index contributed by atoms with van der Waals surface area (Å²) in [5, 5.41) is 12.3. The van der Waals surface area contributed by atoms with Crippen LogP contribution in [-0.4, -0.2) is 18.3 Å². The van der Waals surface area contributed by atoms with Crippen LogP contribution < -0.4 is 5.32 Å².